The summed E-state index contributed by atoms with van der Waals surface area (Å²) < 4.78 is 0. The molecule has 2 aromatic rings. The van der Waals surface area contributed by atoms with E-state index >= 15 is 0 Å². The highest BCUT2D eigenvalue weighted by Crippen LogP contribution is 2.34. The normalized spacial score (nSPS) is 12.6. The zero-order valence-electron chi connectivity index (χ0n) is 10.4. The Morgan fingerprint density at radius 3 is 2.65 bits per heavy atom. The van der Waals surface area contributed by atoms with Crippen LogP contribution in [0.1, 0.15) is 29.7 Å². The second kappa shape index (κ2) is 5.48. The first kappa shape index (κ1) is 12.3. The Morgan fingerprint density at radius 2 is 1.94 bits per heavy atom. The van der Waals surface area contributed by atoms with Gasteiger partial charge in [0, 0.05) is 9.75 Å². The van der Waals surface area contributed by atoms with Gasteiger partial charge in [-0.15, -0.1) is 11.3 Å². The van der Waals surface area contributed by atoms with Crippen molar-refractivity contribution in [3.05, 3.63) is 46.8 Å². The van der Waals surface area contributed by atoms with Crippen molar-refractivity contribution in [3.63, 3.8) is 0 Å². The highest BCUT2D eigenvalue weighted by molar-refractivity contribution is 7.15. The van der Waals surface area contributed by atoms with E-state index in [1.54, 1.807) is 0 Å². The fraction of sp³-hybridized carbons (Fsp3) is 0.333. The Morgan fingerprint density at radius 1 is 1.18 bits per heavy atom. The van der Waals surface area contributed by atoms with Gasteiger partial charge in [-0.05, 0) is 49.1 Å². The first-order valence-electron chi connectivity index (χ1n) is 6.08. The molecule has 0 aliphatic rings. The van der Waals surface area contributed by atoms with Crippen molar-refractivity contribution in [3.8, 4) is 10.4 Å². The second-order valence-corrected chi connectivity index (χ2v) is 5.61. The molecule has 0 fully saturated rings. The zero-order valence-corrected chi connectivity index (χ0v) is 11.3. The van der Waals surface area contributed by atoms with E-state index in [2.05, 4.69) is 50.2 Å². The third kappa shape index (κ3) is 2.76. The molecule has 1 heterocycles. The van der Waals surface area contributed by atoms with Gasteiger partial charge in [0.2, 0.25) is 0 Å². The van der Waals surface area contributed by atoms with Crippen LogP contribution in [0.4, 0.5) is 0 Å². The highest BCUT2D eigenvalue weighted by atomic mass is 32.1. The van der Waals surface area contributed by atoms with E-state index in [0.717, 1.165) is 13.0 Å². The summed E-state index contributed by atoms with van der Waals surface area (Å²) in [5.41, 5.74) is 8.30. The zero-order chi connectivity index (χ0) is 12.3. The molecule has 0 saturated carbocycles. The van der Waals surface area contributed by atoms with Crippen molar-refractivity contribution < 1.29 is 0 Å². The van der Waals surface area contributed by atoms with Gasteiger partial charge in [0.25, 0.3) is 0 Å². The van der Waals surface area contributed by atoms with Crippen LogP contribution in [0, 0.1) is 6.92 Å². The summed E-state index contributed by atoms with van der Waals surface area (Å²) in [7, 11) is 0. The molecule has 1 atom stereocenters. The van der Waals surface area contributed by atoms with Crippen LogP contribution in [0.3, 0.4) is 0 Å². The molecule has 0 aliphatic heterocycles. The first-order chi connectivity index (χ1) is 8.22. The van der Waals surface area contributed by atoms with Gasteiger partial charge in [0.1, 0.15) is 0 Å². The van der Waals surface area contributed by atoms with Crippen molar-refractivity contribution in [1.82, 2.24) is 0 Å². The maximum atomic E-state index is 5.61. The predicted octanol–water partition coefficient (Wildman–Crippen LogP) is 4.18. The smallest absolute Gasteiger partial charge is 0.0348 e. The molecule has 90 valence electrons. The number of hydrogen-bond acceptors (Lipinski definition) is 2. The Hall–Kier alpha value is -1.12. The van der Waals surface area contributed by atoms with Gasteiger partial charge in [-0.2, -0.15) is 0 Å². The minimum Gasteiger partial charge on any atom is -0.330 e. The molecule has 2 N–H and O–H groups in total. The molecule has 2 heteroatoms. The molecule has 1 aromatic heterocycles. The third-order valence-electron chi connectivity index (χ3n) is 3.12. The van der Waals surface area contributed by atoms with Crippen LogP contribution in [0.2, 0.25) is 0 Å². The molecule has 0 radical (unpaired) electrons. The lowest BCUT2D eigenvalue weighted by Gasteiger charge is -2.06. The summed E-state index contributed by atoms with van der Waals surface area (Å²) in [6.45, 7) is 5.18. The Balaban J connectivity index is 2.27. The van der Waals surface area contributed by atoms with Gasteiger partial charge in [-0.25, -0.2) is 0 Å². The fourth-order valence-electron chi connectivity index (χ4n) is 2.00. The molecular formula is C15H19NS. The average molecular weight is 245 g/mol. The van der Waals surface area contributed by atoms with Crippen LogP contribution >= 0.6 is 11.3 Å². The van der Waals surface area contributed by atoms with Crippen molar-refractivity contribution >= 4 is 11.3 Å². The van der Waals surface area contributed by atoms with Crippen molar-refractivity contribution in [2.24, 2.45) is 5.73 Å². The molecule has 0 spiro atoms. The fourth-order valence-corrected chi connectivity index (χ4v) is 3.19. The maximum absolute atomic E-state index is 5.61. The summed E-state index contributed by atoms with van der Waals surface area (Å²) in [5.74, 6) is 0.572. The van der Waals surface area contributed by atoms with Gasteiger partial charge in [-0.3, -0.25) is 0 Å². The molecule has 0 amide bonds. The quantitative estimate of drug-likeness (QED) is 0.859. The average Bonchev–Trinajstić information content (AvgIpc) is 2.79. The molecule has 1 unspecified atom stereocenters. The van der Waals surface area contributed by atoms with Crippen molar-refractivity contribution in [2.75, 3.05) is 6.54 Å². The largest absolute Gasteiger partial charge is 0.330 e. The van der Waals surface area contributed by atoms with Gasteiger partial charge in [0.15, 0.2) is 0 Å². The van der Waals surface area contributed by atoms with Crippen LogP contribution in [-0.4, -0.2) is 6.54 Å². The van der Waals surface area contributed by atoms with Crippen LogP contribution < -0.4 is 5.73 Å². The first-order valence-corrected chi connectivity index (χ1v) is 6.90. The summed E-state index contributed by atoms with van der Waals surface area (Å²) in [4.78, 5) is 2.80. The molecule has 0 aliphatic carbocycles. The molecule has 2 rings (SSSR count). The molecule has 1 nitrogen and oxygen atoms in total. The number of benzene rings is 1. The van der Waals surface area contributed by atoms with E-state index in [1.165, 1.54) is 20.9 Å². The van der Waals surface area contributed by atoms with Crippen LogP contribution in [0.15, 0.2) is 36.4 Å². The predicted molar refractivity (Wildman–Crippen MR) is 76.6 cm³/mol. The molecule has 17 heavy (non-hydrogen) atoms. The van der Waals surface area contributed by atoms with E-state index < -0.39 is 0 Å². The van der Waals surface area contributed by atoms with E-state index in [-0.39, 0.29) is 0 Å². The van der Waals surface area contributed by atoms with E-state index in [9.17, 15) is 0 Å². The van der Waals surface area contributed by atoms with E-state index in [0.29, 0.717) is 5.92 Å². The SMILES string of the molecule is Cc1ccccc1-c1ccc(C(C)CCN)s1. The number of aryl methyl sites for hydroxylation is 1. The lowest BCUT2D eigenvalue weighted by molar-refractivity contribution is 0.701. The van der Waals surface area contributed by atoms with E-state index in [1.807, 2.05) is 11.3 Å². The Labute approximate surface area is 107 Å². The molecule has 1 aromatic carbocycles. The Bertz CT molecular complexity index is 487. The van der Waals surface area contributed by atoms with Gasteiger partial charge in [-0.1, -0.05) is 31.2 Å². The number of hydrogen-bond donors (Lipinski definition) is 1. The summed E-state index contributed by atoms with van der Waals surface area (Å²) in [6, 6.07) is 13.0. The minimum atomic E-state index is 0.572. The summed E-state index contributed by atoms with van der Waals surface area (Å²) in [5, 5.41) is 0. The van der Waals surface area contributed by atoms with Gasteiger partial charge in [0.05, 0.1) is 0 Å². The lowest BCUT2D eigenvalue weighted by Crippen LogP contribution is -2.03. The van der Waals surface area contributed by atoms with Crippen LogP contribution in [0.5, 0.6) is 0 Å². The van der Waals surface area contributed by atoms with Crippen molar-refractivity contribution in [1.29, 1.82) is 0 Å². The van der Waals surface area contributed by atoms with Crippen molar-refractivity contribution in [2.45, 2.75) is 26.2 Å². The standard InChI is InChI=1S/C15H19NS/c1-11-5-3-4-6-13(11)15-8-7-14(17-15)12(2)9-10-16/h3-8,12H,9-10,16H2,1-2H3. The monoisotopic (exact) mass is 245 g/mol. The third-order valence-corrected chi connectivity index (χ3v) is 4.47. The second-order valence-electron chi connectivity index (χ2n) is 4.50. The number of nitrogens with two attached hydrogens (primary N) is 1. The molecular weight excluding hydrogens is 226 g/mol. The van der Waals surface area contributed by atoms with Gasteiger partial charge >= 0.3 is 0 Å². The number of thiophene rings is 1. The summed E-state index contributed by atoms with van der Waals surface area (Å²) >= 11 is 1.89. The number of rotatable bonds is 4. The molecule has 0 saturated heterocycles. The Kier molecular flexibility index (Phi) is 3.97. The van der Waals surface area contributed by atoms with Gasteiger partial charge < -0.3 is 5.73 Å². The summed E-state index contributed by atoms with van der Waals surface area (Å²) in [6.07, 6.45) is 1.06. The molecule has 0 bridgehead atoms. The topological polar surface area (TPSA) is 26.0 Å². The van der Waals surface area contributed by atoms with Crippen LogP contribution in [-0.2, 0) is 0 Å². The van der Waals surface area contributed by atoms with E-state index in [4.69, 9.17) is 5.73 Å². The van der Waals surface area contributed by atoms with Crippen LogP contribution in [0.25, 0.3) is 10.4 Å². The minimum absolute atomic E-state index is 0.572. The lowest BCUT2D eigenvalue weighted by atomic mass is 10.1. The highest BCUT2D eigenvalue weighted by Gasteiger charge is 2.09. The maximum Gasteiger partial charge on any atom is 0.0348 e.